The summed E-state index contributed by atoms with van der Waals surface area (Å²) in [6, 6.07) is 15.4. The van der Waals surface area contributed by atoms with Crippen LogP contribution in [0.25, 0.3) is 0 Å². The smallest absolute Gasteiger partial charge is 0.304 e. The molecule has 2 aromatic carbocycles. The zero-order valence-electron chi connectivity index (χ0n) is 11.2. The minimum absolute atomic E-state index is 0.0548. The van der Waals surface area contributed by atoms with Gasteiger partial charge in [0.1, 0.15) is 0 Å². The Balaban J connectivity index is 1.86. The lowest BCUT2D eigenvalue weighted by atomic mass is 10.1. The van der Waals surface area contributed by atoms with Gasteiger partial charge in [-0.1, -0.05) is 24.3 Å². The number of carboxylic acid groups (broad SMARTS) is 1. The molecule has 108 valence electrons. The maximum Gasteiger partial charge on any atom is 0.304 e. The molecule has 0 saturated carbocycles. The predicted molar refractivity (Wildman–Crippen MR) is 79.9 cm³/mol. The third kappa shape index (κ3) is 3.31. The highest BCUT2D eigenvalue weighted by Crippen LogP contribution is 2.41. The van der Waals surface area contributed by atoms with E-state index in [-0.39, 0.29) is 18.5 Å². The van der Waals surface area contributed by atoms with Crippen molar-refractivity contribution in [2.45, 2.75) is 16.6 Å². The van der Waals surface area contributed by atoms with E-state index in [1.807, 2.05) is 48.5 Å². The van der Waals surface area contributed by atoms with Gasteiger partial charge in [0.2, 0.25) is 6.79 Å². The fourth-order valence-corrected chi connectivity index (χ4v) is 3.31. The van der Waals surface area contributed by atoms with Crippen molar-refractivity contribution >= 4 is 17.7 Å². The molecule has 21 heavy (non-hydrogen) atoms. The lowest BCUT2D eigenvalue weighted by Crippen LogP contribution is -2.03. The molecular weight excluding hydrogens is 288 g/mol. The standard InChI is InChI=1S/C16H14O4S/c17-16(18)9-15(21-12-4-2-1-3-5-12)11-6-7-13-14(8-11)20-10-19-13/h1-8,15H,9-10H2,(H,17,18). The quantitative estimate of drug-likeness (QED) is 0.853. The molecule has 0 radical (unpaired) electrons. The van der Waals surface area contributed by atoms with Crippen LogP contribution >= 0.6 is 11.8 Å². The summed E-state index contributed by atoms with van der Waals surface area (Å²) in [5.74, 6) is 0.565. The molecular formula is C16H14O4S. The van der Waals surface area contributed by atoms with Crippen LogP contribution in [0.3, 0.4) is 0 Å². The molecule has 1 unspecified atom stereocenters. The first-order chi connectivity index (χ1) is 10.2. The molecule has 0 bridgehead atoms. The van der Waals surface area contributed by atoms with Crippen molar-refractivity contribution in [3.63, 3.8) is 0 Å². The Morgan fingerprint density at radius 2 is 1.90 bits per heavy atom. The summed E-state index contributed by atoms with van der Waals surface area (Å²) in [5.41, 5.74) is 0.926. The highest BCUT2D eigenvalue weighted by atomic mass is 32.2. The van der Waals surface area contributed by atoms with Crippen LogP contribution in [0, 0.1) is 0 Å². The molecule has 0 aliphatic carbocycles. The first-order valence-corrected chi connectivity index (χ1v) is 7.43. The third-order valence-corrected chi connectivity index (χ3v) is 4.42. The third-order valence-electron chi connectivity index (χ3n) is 3.15. The van der Waals surface area contributed by atoms with Gasteiger partial charge in [0.05, 0.1) is 6.42 Å². The summed E-state index contributed by atoms with van der Waals surface area (Å²) in [4.78, 5) is 12.2. The van der Waals surface area contributed by atoms with Gasteiger partial charge >= 0.3 is 5.97 Å². The van der Waals surface area contributed by atoms with Crippen molar-refractivity contribution in [3.8, 4) is 11.5 Å². The molecule has 1 aliphatic heterocycles. The Kier molecular flexibility index (Phi) is 4.01. The minimum Gasteiger partial charge on any atom is -0.481 e. The average molecular weight is 302 g/mol. The summed E-state index contributed by atoms with van der Waals surface area (Å²) in [6.45, 7) is 0.216. The predicted octanol–water partition coefficient (Wildman–Crippen LogP) is 3.72. The first-order valence-electron chi connectivity index (χ1n) is 6.55. The number of hydrogen-bond acceptors (Lipinski definition) is 4. The second-order valence-electron chi connectivity index (χ2n) is 4.63. The van der Waals surface area contributed by atoms with Crippen molar-refractivity contribution in [1.82, 2.24) is 0 Å². The molecule has 4 nitrogen and oxygen atoms in total. The lowest BCUT2D eigenvalue weighted by Gasteiger charge is -2.15. The van der Waals surface area contributed by atoms with Gasteiger partial charge < -0.3 is 14.6 Å². The van der Waals surface area contributed by atoms with Crippen molar-refractivity contribution in [1.29, 1.82) is 0 Å². The van der Waals surface area contributed by atoms with Gasteiger partial charge in [0.15, 0.2) is 11.5 Å². The second kappa shape index (κ2) is 6.10. The molecule has 0 spiro atoms. The lowest BCUT2D eigenvalue weighted by molar-refractivity contribution is -0.137. The number of carbonyl (C=O) groups is 1. The number of aliphatic carboxylic acids is 1. The molecule has 0 fully saturated rings. The number of ether oxygens (including phenoxy) is 2. The van der Waals surface area contributed by atoms with Crippen LogP contribution in [0.1, 0.15) is 17.2 Å². The van der Waals surface area contributed by atoms with Crippen LogP contribution < -0.4 is 9.47 Å². The molecule has 2 aromatic rings. The van der Waals surface area contributed by atoms with Gasteiger partial charge in [-0.15, -0.1) is 11.8 Å². The van der Waals surface area contributed by atoms with Gasteiger partial charge in [0, 0.05) is 10.1 Å². The van der Waals surface area contributed by atoms with Gasteiger partial charge in [-0.25, -0.2) is 0 Å². The molecule has 1 N–H and O–H groups in total. The number of carboxylic acids is 1. The fourth-order valence-electron chi connectivity index (χ4n) is 2.16. The SMILES string of the molecule is O=C(O)CC(Sc1ccccc1)c1ccc2c(c1)OCO2. The van der Waals surface area contributed by atoms with Crippen LogP contribution in [0.5, 0.6) is 11.5 Å². The van der Waals surface area contributed by atoms with E-state index in [2.05, 4.69) is 0 Å². The van der Waals surface area contributed by atoms with Crippen molar-refractivity contribution < 1.29 is 19.4 Å². The Morgan fingerprint density at radius 3 is 2.67 bits per heavy atom. The summed E-state index contributed by atoms with van der Waals surface area (Å²) in [7, 11) is 0. The molecule has 0 amide bonds. The normalized spacial score (nSPS) is 13.9. The van der Waals surface area contributed by atoms with Crippen LogP contribution in [-0.4, -0.2) is 17.9 Å². The summed E-state index contributed by atoms with van der Waals surface area (Å²) >= 11 is 1.54. The van der Waals surface area contributed by atoms with Crippen LogP contribution in [-0.2, 0) is 4.79 Å². The molecule has 5 heteroatoms. The zero-order chi connectivity index (χ0) is 14.7. The first kappa shape index (κ1) is 13.8. The van der Waals surface area contributed by atoms with E-state index in [1.54, 1.807) is 0 Å². The van der Waals surface area contributed by atoms with E-state index in [1.165, 1.54) is 11.8 Å². The van der Waals surface area contributed by atoms with Gasteiger partial charge in [-0.05, 0) is 29.8 Å². The summed E-state index contributed by atoms with van der Waals surface area (Å²) < 4.78 is 10.7. The van der Waals surface area contributed by atoms with E-state index < -0.39 is 5.97 Å². The van der Waals surface area contributed by atoms with E-state index >= 15 is 0 Å². The highest BCUT2D eigenvalue weighted by molar-refractivity contribution is 7.99. The number of thioether (sulfide) groups is 1. The molecule has 0 aromatic heterocycles. The van der Waals surface area contributed by atoms with Gasteiger partial charge in [0.25, 0.3) is 0 Å². The Bertz CT molecular complexity index is 642. The zero-order valence-corrected chi connectivity index (χ0v) is 12.0. The second-order valence-corrected chi connectivity index (χ2v) is 5.91. The summed E-state index contributed by atoms with van der Waals surface area (Å²) in [5, 5.41) is 8.98. The molecule has 1 atom stereocenters. The number of benzene rings is 2. The van der Waals surface area contributed by atoms with E-state index in [4.69, 9.17) is 14.6 Å². The van der Waals surface area contributed by atoms with Crippen LogP contribution in [0.4, 0.5) is 0 Å². The molecule has 1 heterocycles. The molecule has 1 aliphatic rings. The van der Waals surface area contributed by atoms with E-state index in [0.717, 1.165) is 10.5 Å². The number of hydrogen-bond donors (Lipinski definition) is 1. The average Bonchev–Trinajstić information content (AvgIpc) is 2.94. The molecule has 0 saturated heterocycles. The van der Waals surface area contributed by atoms with Crippen molar-refractivity contribution in [2.24, 2.45) is 0 Å². The molecule has 3 rings (SSSR count). The maximum atomic E-state index is 11.1. The maximum absolute atomic E-state index is 11.1. The largest absolute Gasteiger partial charge is 0.481 e. The Morgan fingerprint density at radius 1 is 1.14 bits per heavy atom. The Hall–Kier alpha value is -2.14. The number of fused-ring (bicyclic) bond motifs is 1. The monoisotopic (exact) mass is 302 g/mol. The van der Waals surface area contributed by atoms with E-state index in [0.29, 0.717) is 11.5 Å². The van der Waals surface area contributed by atoms with Crippen LogP contribution in [0.15, 0.2) is 53.4 Å². The van der Waals surface area contributed by atoms with Gasteiger partial charge in [-0.2, -0.15) is 0 Å². The van der Waals surface area contributed by atoms with Gasteiger partial charge in [-0.3, -0.25) is 4.79 Å². The van der Waals surface area contributed by atoms with Crippen molar-refractivity contribution in [3.05, 3.63) is 54.1 Å². The number of rotatable bonds is 5. The highest BCUT2D eigenvalue weighted by Gasteiger charge is 2.21. The van der Waals surface area contributed by atoms with Crippen LogP contribution in [0.2, 0.25) is 0 Å². The Labute approximate surface area is 126 Å². The summed E-state index contributed by atoms with van der Waals surface area (Å²) in [6.07, 6.45) is 0.0548. The topological polar surface area (TPSA) is 55.8 Å². The van der Waals surface area contributed by atoms with E-state index in [9.17, 15) is 4.79 Å². The van der Waals surface area contributed by atoms with Crippen molar-refractivity contribution in [2.75, 3.05) is 6.79 Å². The minimum atomic E-state index is -0.818. The fraction of sp³-hybridized carbons (Fsp3) is 0.188.